The molecule has 2 rings (SSSR count). The minimum absolute atomic E-state index is 0. The Morgan fingerprint density at radius 1 is 1.53 bits per heavy atom. The summed E-state index contributed by atoms with van der Waals surface area (Å²) in [5.74, 6) is -1.54. The van der Waals surface area contributed by atoms with E-state index in [-0.39, 0.29) is 58.4 Å². The second kappa shape index (κ2) is 5.27. The number of nitrogens with zero attached hydrogens (tertiary/aromatic N) is 1. The van der Waals surface area contributed by atoms with E-state index < -0.39 is 5.97 Å². The fourth-order valence-corrected chi connectivity index (χ4v) is 1.71. The number of carboxylic acids is 1. The van der Waals surface area contributed by atoms with Crippen LogP contribution >= 0.6 is 11.6 Å². The molecular weight excluding hydrogens is 257 g/mol. The van der Waals surface area contributed by atoms with E-state index >= 15 is 0 Å². The van der Waals surface area contributed by atoms with Crippen LogP contribution in [0.25, 0.3) is 0 Å². The monoisotopic (exact) mass is 263 g/mol. The third-order valence-corrected chi connectivity index (χ3v) is 2.55. The Bertz CT molecular complexity index is 491. The predicted molar refractivity (Wildman–Crippen MR) is 54.7 cm³/mol. The standard InChI is InChI=1S/C10H8ClNO4.Na/c1-12-7-3-5(11)2-6(10(14)15)9(7)16-4-8(12)13;/h2-3H,4H2,1H3,(H,14,15);/q;+1/p-1. The van der Waals surface area contributed by atoms with Crippen LogP contribution in [0.4, 0.5) is 5.69 Å². The van der Waals surface area contributed by atoms with E-state index in [9.17, 15) is 14.7 Å². The summed E-state index contributed by atoms with van der Waals surface area (Å²) in [6, 6.07) is 2.71. The normalized spacial score (nSPS) is 13.5. The van der Waals surface area contributed by atoms with Crippen LogP contribution in [0.15, 0.2) is 12.1 Å². The molecule has 5 nitrogen and oxygen atoms in total. The van der Waals surface area contributed by atoms with Crippen LogP contribution < -0.4 is 44.3 Å². The van der Waals surface area contributed by atoms with Gasteiger partial charge in [0.05, 0.1) is 11.7 Å². The fraction of sp³-hybridized carbons (Fsp3) is 0.200. The third-order valence-electron chi connectivity index (χ3n) is 2.33. The number of rotatable bonds is 1. The van der Waals surface area contributed by atoms with Gasteiger partial charge in [0.2, 0.25) is 0 Å². The second-order valence-electron chi connectivity index (χ2n) is 3.33. The average Bonchev–Trinajstić information content (AvgIpc) is 2.23. The first kappa shape index (κ1) is 14.3. The molecule has 0 bridgehead atoms. The van der Waals surface area contributed by atoms with Crippen LogP contribution in [0.3, 0.4) is 0 Å². The molecule has 0 unspecified atom stereocenters. The fourth-order valence-electron chi connectivity index (χ4n) is 1.50. The molecule has 0 spiro atoms. The SMILES string of the molecule is CN1C(=O)COc2c(C(=O)[O-])cc(Cl)cc21.[Na+]. The summed E-state index contributed by atoms with van der Waals surface area (Å²) in [6.07, 6.45) is 0. The van der Waals surface area contributed by atoms with Crippen LogP contribution in [0, 0.1) is 0 Å². The summed E-state index contributed by atoms with van der Waals surface area (Å²) in [6.45, 7) is -0.189. The number of halogens is 1. The Hall–Kier alpha value is -0.750. The molecule has 0 saturated carbocycles. The van der Waals surface area contributed by atoms with E-state index in [1.807, 2.05) is 0 Å². The number of anilines is 1. The Morgan fingerprint density at radius 2 is 2.18 bits per heavy atom. The van der Waals surface area contributed by atoms with Crippen LogP contribution in [-0.2, 0) is 4.79 Å². The van der Waals surface area contributed by atoms with Crippen molar-refractivity contribution >= 4 is 29.2 Å². The maximum Gasteiger partial charge on any atom is 1.00 e. The minimum Gasteiger partial charge on any atom is -0.545 e. The third kappa shape index (κ3) is 2.57. The van der Waals surface area contributed by atoms with Gasteiger partial charge in [-0.1, -0.05) is 11.6 Å². The zero-order valence-electron chi connectivity index (χ0n) is 9.32. The van der Waals surface area contributed by atoms with Gasteiger partial charge >= 0.3 is 29.6 Å². The summed E-state index contributed by atoms with van der Waals surface area (Å²) in [5.41, 5.74) is 0.185. The number of fused-ring (bicyclic) bond motifs is 1. The quantitative estimate of drug-likeness (QED) is 0.509. The van der Waals surface area contributed by atoms with E-state index in [2.05, 4.69) is 0 Å². The van der Waals surface area contributed by atoms with Crippen molar-refractivity contribution in [3.8, 4) is 5.75 Å². The molecule has 0 N–H and O–H groups in total. The molecule has 1 aromatic rings. The largest absolute Gasteiger partial charge is 1.00 e. The Kier molecular flexibility index (Phi) is 4.43. The smallest absolute Gasteiger partial charge is 0.545 e. The van der Waals surface area contributed by atoms with Crippen molar-refractivity contribution < 1.29 is 49.0 Å². The molecule has 1 aromatic carbocycles. The van der Waals surface area contributed by atoms with Crippen molar-refractivity contribution in [2.75, 3.05) is 18.6 Å². The Labute approximate surface area is 125 Å². The Balaban J connectivity index is 0.00000144. The van der Waals surface area contributed by atoms with Gasteiger partial charge in [0.15, 0.2) is 12.4 Å². The van der Waals surface area contributed by atoms with E-state index in [0.717, 1.165) is 0 Å². The number of carboxylic acid groups (broad SMARTS) is 1. The van der Waals surface area contributed by atoms with Gasteiger partial charge in [0, 0.05) is 17.6 Å². The predicted octanol–water partition coefficient (Wildman–Crippen LogP) is -2.94. The molecule has 7 heteroatoms. The number of carbonyl (C=O) groups excluding carboxylic acids is 2. The molecule has 1 aliphatic rings. The van der Waals surface area contributed by atoms with Crippen molar-refractivity contribution in [3.63, 3.8) is 0 Å². The minimum atomic E-state index is -1.39. The number of benzene rings is 1. The van der Waals surface area contributed by atoms with Crippen LogP contribution in [-0.4, -0.2) is 25.5 Å². The first-order valence-corrected chi connectivity index (χ1v) is 4.82. The summed E-state index contributed by atoms with van der Waals surface area (Å²) in [7, 11) is 1.53. The topological polar surface area (TPSA) is 69.7 Å². The van der Waals surface area contributed by atoms with Crippen molar-refractivity contribution in [2.45, 2.75) is 0 Å². The van der Waals surface area contributed by atoms with Gasteiger partial charge in [0.1, 0.15) is 0 Å². The van der Waals surface area contributed by atoms with Gasteiger partial charge in [0.25, 0.3) is 5.91 Å². The van der Waals surface area contributed by atoms with Crippen LogP contribution in [0.2, 0.25) is 5.02 Å². The van der Waals surface area contributed by atoms with Gasteiger partial charge in [-0.15, -0.1) is 0 Å². The van der Waals surface area contributed by atoms with Gasteiger partial charge in [-0.25, -0.2) is 0 Å². The van der Waals surface area contributed by atoms with Gasteiger partial charge < -0.3 is 19.5 Å². The molecule has 0 aliphatic carbocycles. The number of aromatic carboxylic acids is 1. The molecule has 0 aromatic heterocycles. The molecular formula is C10H7ClNNaO4. The molecule has 17 heavy (non-hydrogen) atoms. The average molecular weight is 264 g/mol. The number of amides is 1. The van der Waals surface area contributed by atoms with Gasteiger partial charge in [-0.3, -0.25) is 4.79 Å². The van der Waals surface area contributed by atoms with Crippen LogP contribution in [0.1, 0.15) is 10.4 Å². The van der Waals surface area contributed by atoms with Crippen molar-refractivity contribution in [1.29, 1.82) is 0 Å². The number of likely N-dealkylation sites (N-methyl/N-ethyl adjacent to an activating group) is 1. The molecule has 0 fully saturated rings. The van der Waals surface area contributed by atoms with Gasteiger partial charge in [-0.05, 0) is 12.1 Å². The number of hydrogen-bond donors (Lipinski definition) is 0. The number of ether oxygens (including phenoxy) is 1. The summed E-state index contributed by atoms with van der Waals surface area (Å²) in [5, 5.41) is 11.1. The molecule has 0 atom stereocenters. The number of carbonyl (C=O) groups is 2. The summed E-state index contributed by atoms with van der Waals surface area (Å²) >= 11 is 5.75. The number of hydrogen-bond acceptors (Lipinski definition) is 4. The molecule has 0 radical (unpaired) electrons. The Morgan fingerprint density at radius 3 is 2.76 bits per heavy atom. The maximum atomic E-state index is 11.3. The molecule has 84 valence electrons. The first-order valence-electron chi connectivity index (χ1n) is 4.45. The first-order chi connectivity index (χ1) is 7.50. The summed E-state index contributed by atoms with van der Waals surface area (Å²) < 4.78 is 5.08. The van der Waals surface area contributed by atoms with Gasteiger partial charge in [-0.2, -0.15) is 0 Å². The van der Waals surface area contributed by atoms with Crippen molar-refractivity contribution in [2.24, 2.45) is 0 Å². The summed E-state index contributed by atoms with van der Waals surface area (Å²) in [4.78, 5) is 23.5. The zero-order valence-corrected chi connectivity index (χ0v) is 12.1. The molecule has 0 saturated heterocycles. The second-order valence-corrected chi connectivity index (χ2v) is 3.77. The van der Waals surface area contributed by atoms with E-state index in [0.29, 0.717) is 5.69 Å². The molecule has 1 heterocycles. The molecule has 1 aliphatic heterocycles. The van der Waals surface area contributed by atoms with E-state index in [1.165, 1.54) is 24.1 Å². The van der Waals surface area contributed by atoms with Crippen molar-refractivity contribution in [3.05, 3.63) is 22.7 Å². The maximum absolute atomic E-state index is 11.3. The van der Waals surface area contributed by atoms with E-state index in [4.69, 9.17) is 16.3 Å². The molecule has 1 amide bonds. The zero-order chi connectivity index (χ0) is 11.9. The van der Waals surface area contributed by atoms with E-state index in [1.54, 1.807) is 0 Å². The van der Waals surface area contributed by atoms with Crippen LogP contribution in [0.5, 0.6) is 5.75 Å². The van der Waals surface area contributed by atoms with Crippen molar-refractivity contribution in [1.82, 2.24) is 0 Å².